The van der Waals surface area contributed by atoms with E-state index in [1.165, 1.54) is 5.56 Å². The van der Waals surface area contributed by atoms with Gasteiger partial charge in [-0.1, -0.05) is 30.3 Å². The van der Waals surface area contributed by atoms with E-state index in [2.05, 4.69) is 22.4 Å². The van der Waals surface area contributed by atoms with Crippen LogP contribution in [0.25, 0.3) is 0 Å². The van der Waals surface area contributed by atoms with Crippen LogP contribution in [-0.4, -0.2) is 41.7 Å². The number of hydrogen-bond acceptors (Lipinski definition) is 3. The van der Waals surface area contributed by atoms with Gasteiger partial charge in [0.05, 0.1) is 6.10 Å². The fourth-order valence-corrected chi connectivity index (χ4v) is 3.03. The molecular formula is C20H25N3O2. The van der Waals surface area contributed by atoms with Crippen molar-refractivity contribution in [2.45, 2.75) is 31.9 Å². The van der Waals surface area contributed by atoms with Crippen LogP contribution in [0.2, 0.25) is 0 Å². The highest BCUT2D eigenvalue weighted by Gasteiger charge is 2.22. The Morgan fingerprint density at radius 1 is 1.16 bits per heavy atom. The zero-order valence-corrected chi connectivity index (χ0v) is 14.4. The van der Waals surface area contributed by atoms with E-state index in [1.54, 1.807) is 12.4 Å². The van der Waals surface area contributed by atoms with E-state index in [0.29, 0.717) is 19.6 Å². The third-order valence-corrected chi connectivity index (χ3v) is 4.39. The zero-order valence-electron chi connectivity index (χ0n) is 14.4. The van der Waals surface area contributed by atoms with Gasteiger partial charge in [0.25, 0.3) is 0 Å². The smallest absolute Gasteiger partial charge is 0.317 e. The molecule has 0 bridgehead atoms. The highest BCUT2D eigenvalue weighted by molar-refractivity contribution is 5.74. The van der Waals surface area contributed by atoms with Gasteiger partial charge in [-0.3, -0.25) is 4.98 Å². The van der Waals surface area contributed by atoms with E-state index < -0.39 is 0 Å². The van der Waals surface area contributed by atoms with Gasteiger partial charge < -0.3 is 15.0 Å². The molecule has 1 aliphatic rings. The molecule has 1 N–H and O–H groups in total. The molecule has 0 radical (unpaired) electrons. The molecule has 1 saturated heterocycles. The predicted octanol–water partition coefficient (Wildman–Crippen LogP) is 3.01. The average Bonchev–Trinajstić information content (AvgIpc) is 3.16. The first-order valence-corrected chi connectivity index (χ1v) is 8.88. The van der Waals surface area contributed by atoms with Crippen LogP contribution in [0.15, 0.2) is 54.9 Å². The number of hydrogen-bond donors (Lipinski definition) is 1. The van der Waals surface area contributed by atoms with Gasteiger partial charge in [-0.25, -0.2) is 4.79 Å². The summed E-state index contributed by atoms with van der Waals surface area (Å²) in [5, 5.41) is 3.04. The van der Waals surface area contributed by atoms with Gasteiger partial charge in [-0.05, 0) is 42.5 Å². The molecule has 132 valence electrons. The number of aromatic nitrogens is 1. The number of amides is 2. The third-order valence-electron chi connectivity index (χ3n) is 4.39. The summed E-state index contributed by atoms with van der Waals surface area (Å²) in [7, 11) is 0. The molecule has 5 heteroatoms. The van der Waals surface area contributed by atoms with Gasteiger partial charge in [-0.2, -0.15) is 0 Å². The molecule has 3 rings (SSSR count). The molecule has 1 atom stereocenters. The van der Waals surface area contributed by atoms with Crippen molar-refractivity contribution in [3.05, 3.63) is 66.0 Å². The zero-order chi connectivity index (χ0) is 17.3. The molecule has 0 saturated carbocycles. The van der Waals surface area contributed by atoms with Gasteiger partial charge >= 0.3 is 6.03 Å². The van der Waals surface area contributed by atoms with E-state index in [0.717, 1.165) is 31.4 Å². The van der Waals surface area contributed by atoms with Crippen molar-refractivity contribution < 1.29 is 9.53 Å². The van der Waals surface area contributed by atoms with E-state index in [1.807, 2.05) is 35.2 Å². The number of pyridine rings is 1. The van der Waals surface area contributed by atoms with Gasteiger partial charge in [0.15, 0.2) is 0 Å². The average molecular weight is 339 g/mol. The number of carbonyl (C=O) groups excluding carboxylic acids is 1. The minimum absolute atomic E-state index is 0.0387. The van der Waals surface area contributed by atoms with E-state index >= 15 is 0 Å². The van der Waals surface area contributed by atoms with Crippen LogP contribution in [0.5, 0.6) is 0 Å². The highest BCUT2D eigenvalue weighted by Crippen LogP contribution is 2.15. The summed E-state index contributed by atoms with van der Waals surface area (Å²) in [4.78, 5) is 18.6. The van der Waals surface area contributed by atoms with Crippen LogP contribution in [-0.2, 0) is 17.7 Å². The maximum atomic E-state index is 12.7. The molecule has 1 aromatic heterocycles. The lowest BCUT2D eigenvalue weighted by atomic mass is 10.1. The molecule has 0 aliphatic carbocycles. The number of benzene rings is 1. The monoisotopic (exact) mass is 339 g/mol. The molecule has 1 fully saturated rings. The first kappa shape index (κ1) is 17.4. The van der Waals surface area contributed by atoms with Gasteiger partial charge in [0.2, 0.25) is 0 Å². The van der Waals surface area contributed by atoms with Crippen LogP contribution >= 0.6 is 0 Å². The van der Waals surface area contributed by atoms with Gasteiger partial charge in [-0.15, -0.1) is 0 Å². The van der Waals surface area contributed by atoms with Crippen LogP contribution in [0.3, 0.4) is 0 Å². The molecule has 2 heterocycles. The standard InChI is InChI=1S/C20H25N3O2/c24-20(22-13-10-17-5-2-1-3-6-17)23(16-19-7-4-14-25-19)15-18-8-11-21-12-9-18/h1-3,5-6,8-9,11-12,19H,4,7,10,13-16H2,(H,22,24). The van der Waals surface area contributed by atoms with Crippen molar-refractivity contribution in [1.82, 2.24) is 15.2 Å². The minimum Gasteiger partial charge on any atom is -0.376 e. The predicted molar refractivity (Wildman–Crippen MR) is 97.2 cm³/mol. The highest BCUT2D eigenvalue weighted by atomic mass is 16.5. The Labute approximate surface area is 149 Å². The number of ether oxygens (including phenoxy) is 1. The van der Waals surface area contributed by atoms with Gasteiger partial charge in [0, 0.05) is 38.6 Å². The third kappa shape index (κ3) is 5.57. The van der Waals surface area contributed by atoms with Gasteiger partial charge in [0.1, 0.15) is 0 Å². The molecule has 1 unspecified atom stereocenters. The first-order valence-electron chi connectivity index (χ1n) is 8.88. The second kappa shape index (κ2) is 9.18. The van der Waals surface area contributed by atoms with Crippen molar-refractivity contribution in [1.29, 1.82) is 0 Å². The van der Waals surface area contributed by atoms with Crippen LogP contribution in [0.1, 0.15) is 24.0 Å². The second-order valence-corrected chi connectivity index (χ2v) is 6.34. The SMILES string of the molecule is O=C(NCCc1ccccc1)N(Cc1ccncc1)CC1CCCO1. The van der Waals surface area contributed by atoms with Crippen molar-refractivity contribution in [3.63, 3.8) is 0 Å². The number of carbonyl (C=O) groups is 1. The molecule has 1 aromatic carbocycles. The molecule has 2 aromatic rings. The lowest BCUT2D eigenvalue weighted by Gasteiger charge is -2.26. The van der Waals surface area contributed by atoms with Crippen molar-refractivity contribution in [2.24, 2.45) is 0 Å². The number of urea groups is 1. The summed E-state index contributed by atoms with van der Waals surface area (Å²) < 4.78 is 5.71. The summed E-state index contributed by atoms with van der Waals surface area (Å²) in [5.74, 6) is 0. The Bertz CT molecular complexity index is 643. The van der Waals surface area contributed by atoms with Crippen LogP contribution < -0.4 is 5.32 Å². The maximum absolute atomic E-state index is 12.7. The summed E-state index contributed by atoms with van der Waals surface area (Å²) >= 11 is 0. The van der Waals surface area contributed by atoms with Crippen molar-refractivity contribution >= 4 is 6.03 Å². The summed E-state index contributed by atoms with van der Waals surface area (Å²) in [6.07, 6.45) is 6.57. The quantitative estimate of drug-likeness (QED) is 0.844. The fraction of sp³-hybridized carbons (Fsp3) is 0.400. The maximum Gasteiger partial charge on any atom is 0.317 e. The molecule has 0 spiro atoms. The van der Waals surface area contributed by atoms with E-state index in [9.17, 15) is 4.79 Å². The Hall–Kier alpha value is -2.40. The molecule has 2 amide bonds. The molecule has 1 aliphatic heterocycles. The normalized spacial score (nSPS) is 16.6. The Morgan fingerprint density at radius 2 is 1.96 bits per heavy atom. The topological polar surface area (TPSA) is 54.5 Å². The minimum atomic E-state index is -0.0387. The van der Waals surface area contributed by atoms with E-state index in [4.69, 9.17) is 4.74 Å². The van der Waals surface area contributed by atoms with Crippen molar-refractivity contribution in [3.8, 4) is 0 Å². The molecule has 5 nitrogen and oxygen atoms in total. The van der Waals surface area contributed by atoms with Crippen LogP contribution in [0.4, 0.5) is 4.79 Å². The Morgan fingerprint density at radius 3 is 2.68 bits per heavy atom. The van der Waals surface area contributed by atoms with Crippen molar-refractivity contribution in [2.75, 3.05) is 19.7 Å². The first-order chi connectivity index (χ1) is 12.3. The van der Waals surface area contributed by atoms with Crippen LogP contribution in [0, 0.1) is 0 Å². The van der Waals surface area contributed by atoms with E-state index in [-0.39, 0.29) is 12.1 Å². The number of nitrogens with one attached hydrogen (secondary N) is 1. The fourth-order valence-electron chi connectivity index (χ4n) is 3.03. The Kier molecular flexibility index (Phi) is 6.40. The second-order valence-electron chi connectivity index (χ2n) is 6.34. The molecule has 25 heavy (non-hydrogen) atoms. The lowest BCUT2D eigenvalue weighted by molar-refractivity contribution is 0.0795. The number of rotatable bonds is 7. The molecular weight excluding hydrogens is 314 g/mol. The lowest BCUT2D eigenvalue weighted by Crippen LogP contribution is -2.43. The summed E-state index contributed by atoms with van der Waals surface area (Å²) in [6.45, 7) is 2.61. The Balaban J connectivity index is 1.55. The summed E-state index contributed by atoms with van der Waals surface area (Å²) in [6, 6.07) is 14.0. The summed E-state index contributed by atoms with van der Waals surface area (Å²) in [5.41, 5.74) is 2.30. The number of nitrogens with zero attached hydrogens (tertiary/aromatic N) is 2. The largest absolute Gasteiger partial charge is 0.376 e.